The zero-order valence-electron chi connectivity index (χ0n) is 10.8. The van der Waals surface area contributed by atoms with E-state index >= 15 is 0 Å². The lowest BCUT2D eigenvalue weighted by atomic mass is 10.1. The second-order valence-electron chi connectivity index (χ2n) is 4.38. The molecule has 3 nitrogen and oxygen atoms in total. The third-order valence-electron chi connectivity index (χ3n) is 2.88. The van der Waals surface area contributed by atoms with Gasteiger partial charge in [-0.3, -0.25) is 0 Å². The molecule has 3 N–H and O–H groups in total. The minimum atomic E-state index is -1.01. The summed E-state index contributed by atoms with van der Waals surface area (Å²) in [5.74, 6) is -3.42. The molecule has 0 spiro atoms. The molecule has 0 heterocycles. The summed E-state index contributed by atoms with van der Waals surface area (Å²) in [7, 11) is 0. The molecule has 0 aliphatic carbocycles. The van der Waals surface area contributed by atoms with E-state index in [1.54, 1.807) is 0 Å². The van der Waals surface area contributed by atoms with E-state index in [9.17, 15) is 23.4 Å². The number of aliphatic hydroxyl groups excluding tert-OH is 1. The smallest absolute Gasteiger partial charge is 0.134 e. The molecule has 0 aromatic heterocycles. The number of phenols is 1. The molecule has 2 aromatic rings. The summed E-state index contributed by atoms with van der Waals surface area (Å²) in [6.45, 7) is 3.07. The average Bonchev–Trinajstić information content (AvgIpc) is 2.38. The number of benzene rings is 2. The van der Waals surface area contributed by atoms with Crippen molar-refractivity contribution >= 4 is 11.4 Å². The standard InChI is InChI=1S/C15H12F3NO2/c1-8(20)11-6-10(21)2-3-15(11)19-7-12-13(17)4-9(16)5-14(12)18/h2-6,19-21H,1,7H2. The van der Waals surface area contributed by atoms with Gasteiger partial charge in [0.25, 0.3) is 0 Å². The van der Waals surface area contributed by atoms with Gasteiger partial charge in [0.2, 0.25) is 0 Å². The zero-order chi connectivity index (χ0) is 15.6. The first-order valence-corrected chi connectivity index (χ1v) is 5.97. The van der Waals surface area contributed by atoms with Gasteiger partial charge in [-0.2, -0.15) is 0 Å². The first-order valence-electron chi connectivity index (χ1n) is 5.97. The number of phenolic OH excluding ortho intramolecular Hbond substituents is 1. The maximum absolute atomic E-state index is 13.5. The van der Waals surface area contributed by atoms with Crippen LogP contribution in [0.25, 0.3) is 5.76 Å². The van der Waals surface area contributed by atoms with Crippen molar-refractivity contribution in [3.05, 3.63) is 65.5 Å². The maximum atomic E-state index is 13.5. The van der Waals surface area contributed by atoms with E-state index in [-0.39, 0.29) is 29.2 Å². The van der Waals surface area contributed by atoms with Crippen molar-refractivity contribution in [1.82, 2.24) is 0 Å². The molecule has 0 bridgehead atoms. The number of hydrogen-bond donors (Lipinski definition) is 3. The van der Waals surface area contributed by atoms with E-state index < -0.39 is 17.5 Å². The van der Waals surface area contributed by atoms with Crippen molar-refractivity contribution in [2.45, 2.75) is 6.54 Å². The Labute approximate surface area is 119 Å². The van der Waals surface area contributed by atoms with Crippen LogP contribution in [0.4, 0.5) is 18.9 Å². The number of hydrogen-bond acceptors (Lipinski definition) is 3. The topological polar surface area (TPSA) is 52.5 Å². The van der Waals surface area contributed by atoms with Gasteiger partial charge < -0.3 is 15.5 Å². The second kappa shape index (κ2) is 5.78. The third-order valence-corrected chi connectivity index (χ3v) is 2.88. The molecule has 110 valence electrons. The van der Waals surface area contributed by atoms with Crippen LogP contribution in [0, 0.1) is 17.5 Å². The Bertz CT molecular complexity index is 678. The van der Waals surface area contributed by atoms with Gasteiger partial charge in [0.15, 0.2) is 0 Å². The van der Waals surface area contributed by atoms with E-state index in [4.69, 9.17) is 0 Å². The summed E-state index contributed by atoms with van der Waals surface area (Å²) in [4.78, 5) is 0. The summed E-state index contributed by atoms with van der Waals surface area (Å²) in [5.41, 5.74) is 0.181. The monoisotopic (exact) mass is 295 g/mol. The van der Waals surface area contributed by atoms with Crippen LogP contribution >= 0.6 is 0 Å². The van der Waals surface area contributed by atoms with Crippen molar-refractivity contribution in [3.8, 4) is 5.75 Å². The predicted molar refractivity (Wildman–Crippen MR) is 73.4 cm³/mol. The largest absolute Gasteiger partial charge is 0.508 e. The molecule has 0 amide bonds. The zero-order valence-corrected chi connectivity index (χ0v) is 10.8. The van der Waals surface area contributed by atoms with E-state index in [0.717, 1.165) is 0 Å². The number of nitrogens with one attached hydrogen (secondary N) is 1. The fraction of sp³-hybridized carbons (Fsp3) is 0.0667. The van der Waals surface area contributed by atoms with Crippen molar-refractivity contribution in [3.63, 3.8) is 0 Å². The van der Waals surface area contributed by atoms with Crippen LogP contribution in [-0.2, 0) is 6.54 Å². The average molecular weight is 295 g/mol. The molecule has 0 unspecified atom stereocenters. The molecule has 0 atom stereocenters. The molecule has 6 heteroatoms. The van der Waals surface area contributed by atoms with Gasteiger partial charge in [0, 0.05) is 35.5 Å². The van der Waals surface area contributed by atoms with Gasteiger partial charge in [0.1, 0.15) is 29.0 Å². The highest BCUT2D eigenvalue weighted by Crippen LogP contribution is 2.26. The molecule has 21 heavy (non-hydrogen) atoms. The number of halogens is 3. The fourth-order valence-corrected chi connectivity index (χ4v) is 1.85. The molecule has 0 saturated carbocycles. The van der Waals surface area contributed by atoms with Crippen LogP contribution in [-0.4, -0.2) is 10.2 Å². The van der Waals surface area contributed by atoms with Gasteiger partial charge >= 0.3 is 0 Å². The third kappa shape index (κ3) is 3.28. The first-order chi connectivity index (χ1) is 9.88. The van der Waals surface area contributed by atoms with E-state index in [1.807, 2.05) is 0 Å². The maximum Gasteiger partial charge on any atom is 0.134 e. The number of rotatable bonds is 4. The first kappa shape index (κ1) is 14.8. The number of aliphatic hydroxyl groups is 1. The Morgan fingerprint density at radius 3 is 2.29 bits per heavy atom. The molecule has 2 rings (SSSR count). The van der Waals surface area contributed by atoms with E-state index in [2.05, 4.69) is 11.9 Å². The van der Waals surface area contributed by atoms with Gasteiger partial charge in [0.05, 0.1) is 0 Å². The van der Waals surface area contributed by atoms with Crippen LogP contribution in [0.3, 0.4) is 0 Å². The minimum Gasteiger partial charge on any atom is -0.508 e. The molecule has 0 fully saturated rings. The number of aromatic hydroxyl groups is 1. The molecular formula is C15H12F3NO2. The number of anilines is 1. The van der Waals surface area contributed by atoms with Crippen molar-refractivity contribution < 1.29 is 23.4 Å². The van der Waals surface area contributed by atoms with Crippen LogP contribution in [0.2, 0.25) is 0 Å². The lowest BCUT2D eigenvalue weighted by Crippen LogP contribution is -2.07. The van der Waals surface area contributed by atoms with Gasteiger partial charge in [-0.25, -0.2) is 13.2 Å². The summed E-state index contributed by atoms with van der Waals surface area (Å²) in [6, 6.07) is 5.19. The van der Waals surface area contributed by atoms with Gasteiger partial charge in [-0.1, -0.05) is 6.58 Å². The normalized spacial score (nSPS) is 10.4. The summed E-state index contributed by atoms with van der Waals surface area (Å²) in [5, 5.41) is 21.5. The van der Waals surface area contributed by atoms with Crippen molar-refractivity contribution in [2.24, 2.45) is 0 Å². The van der Waals surface area contributed by atoms with Crippen molar-refractivity contribution in [2.75, 3.05) is 5.32 Å². The van der Waals surface area contributed by atoms with Crippen LogP contribution < -0.4 is 5.32 Å². The summed E-state index contributed by atoms with van der Waals surface area (Å²) >= 11 is 0. The highest BCUT2D eigenvalue weighted by Gasteiger charge is 2.13. The fourth-order valence-electron chi connectivity index (χ4n) is 1.85. The van der Waals surface area contributed by atoms with Crippen molar-refractivity contribution in [1.29, 1.82) is 0 Å². The molecule has 0 radical (unpaired) electrons. The molecule has 0 aliphatic rings. The molecule has 2 aromatic carbocycles. The predicted octanol–water partition coefficient (Wildman–Crippen LogP) is 3.95. The van der Waals surface area contributed by atoms with Crippen LogP contribution in [0.1, 0.15) is 11.1 Å². The highest BCUT2D eigenvalue weighted by molar-refractivity contribution is 5.72. The molecule has 0 saturated heterocycles. The Balaban J connectivity index is 2.27. The van der Waals surface area contributed by atoms with E-state index in [1.165, 1.54) is 18.2 Å². The molecule has 0 aliphatic heterocycles. The van der Waals surface area contributed by atoms with Crippen LogP contribution in [0.5, 0.6) is 5.75 Å². The summed E-state index contributed by atoms with van der Waals surface area (Å²) in [6.07, 6.45) is 0. The second-order valence-corrected chi connectivity index (χ2v) is 4.38. The highest BCUT2D eigenvalue weighted by atomic mass is 19.1. The summed E-state index contributed by atoms with van der Waals surface area (Å²) < 4.78 is 39.8. The Morgan fingerprint density at radius 2 is 1.71 bits per heavy atom. The quantitative estimate of drug-likeness (QED) is 0.591. The van der Waals surface area contributed by atoms with Gasteiger partial charge in [-0.15, -0.1) is 0 Å². The minimum absolute atomic E-state index is 0.0927. The Hall–Kier alpha value is -2.63. The lowest BCUT2D eigenvalue weighted by Gasteiger charge is -2.13. The Morgan fingerprint density at radius 1 is 1.10 bits per heavy atom. The van der Waals surface area contributed by atoms with Gasteiger partial charge in [-0.05, 0) is 18.2 Å². The lowest BCUT2D eigenvalue weighted by molar-refractivity contribution is 0.473. The van der Waals surface area contributed by atoms with E-state index in [0.29, 0.717) is 17.8 Å². The Kier molecular flexibility index (Phi) is 4.07. The van der Waals surface area contributed by atoms with Crippen LogP contribution in [0.15, 0.2) is 36.9 Å². The SMILES string of the molecule is C=C(O)c1cc(O)ccc1NCc1c(F)cc(F)cc1F. The molecular weight excluding hydrogens is 283 g/mol.